The lowest BCUT2D eigenvalue weighted by atomic mass is 10.2. The average Bonchev–Trinajstić information content (AvgIpc) is 3.24. The summed E-state index contributed by atoms with van der Waals surface area (Å²) in [5, 5.41) is 18.2. The van der Waals surface area contributed by atoms with E-state index in [1.165, 1.54) is 0 Å². The minimum atomic E-state index is -1.82. The summed E-state index contributed by atoms with van der Waals surface area (Å²) < 4.78 is 16.5. The van der Waals surface area contributed by atoms with Crippen LogP contribution in [0.5, 0.6) is 11.5 Å². The molecule has 164 valence electrons. The number of methoxy groups -OCH3 is 1. The highest BCUT2D eigenvalue weighted by Crippen LogP contribution is 2.28. The first kappa shape index (κ1) is 24.8. The van der Waals surface area contributed by atoms with Gasteiger partial charge in [0, 0.05) is 0 Å². The van der Waals surface area contributed by atoms with Crippen molar-refractivity contribution in [2.24, 2.45) is 0 Å². The van der Waals surface area contributed by atoms with E-state index in [2.05, 4.69) is 5.32 Å². The second-order valence-electron chi connectivity index (χ2n) is 6.19. The van der Waals surface area contributed by atoms with Crippen LogP contribution in [0.25, 0.3) is 6.08 Å². The Morgan fingerprint density at radius 3 is 2.47 bits per heavy atom. The third-order valence-corrected chi connectivity index (χ3v) is 3.86. The highest BCUT2D eigenvalue weighted by molar-refractivity contribution is 6.27. The van der Waals surface area contributed by atoms with Gasteiger partial charge in [0.1, 0.15) is 5.76 Å². The number of unbranched alkanes of at least 4 members (excludes halogenated alkanes) is 2. The predicted molar refractivity (Wildman–Crippen MR) is 113 cm³/mol. The van der Waals surface area contributed by atoms with Crippen LogP contribution in [0.2, 0.25) is 0 Å². The van der Waals surface area contributed by atoms with E-state index >= 15 is 0 Å². The molecule has 0 unspecified atom stereocenters. The second kappa shape index (κ2) is 14.7. The Hall–Kier alpha value is -3.26. The summed E-state index contributed by atoms with van der Waals surface area (Å²) in [6.07, 6.45) is 9.04. The number of rotatable bonds is 11. The van der Waals surface area contributed by atoms with E-state index < -0.39 is 11.9 Å². The number of benzene rings is 1. The number of hydrogen-bond acceptors (Lipinski definition) is 6. The zero-order valence-electron chi connectivity index (χ0n) is 17.3. The van der Waals surface area contributed by atoms with Crippen molar-refractivity contribution in [3.05, 3.63) is 54.0 Å². The monoisotopic (exact) mass is 419 g/mol. The van der Waals surface area contributed by atoms with E-state index in [4.69, 9.17) is 33.7 Å². The number of carboxylic acids is 2. The molecule has 0 saturated carbocycles. The molecule has 0 bridgehead atoms. The van der Waals surface area contributed by atoms with Crippen molar-refractivity contribution >= 4 is 18.0 Å². The van der Waals surface area contributed by atoms with Crippen molar-refractivity contribution < 1.29 is 33.7 Å². The summed E-state index contributed by atoms with van der Waals surface area (Å²) in [6.45, 7) is 4.49. The quantitative estimate of drug-likeness (QED) is 0.372. The summed E-state index contributed by atoms with van der Waals surface area (Å²) >= 11 is 0. The number of furan rings is 1. The maximum absolute atomic E-state index is 9.10. The molecule has 0 aliphatic heterocycles. The summed E-state index contributed by atoms with van der Waals surface area (Å²) in [7, 11) is 1.67. The van der Waals surface area contributed by atoms with Gasteiger partial charge in [0.25, 0.3) is 0 Å². The smallest absolute Gasteiger partial charge is 0.414 e. The Morgan fingerprint density at radius 1 is 1.10 bits per heavy atom. The highest BCUT2D eigenvalue weighted by atomic mass is 16.5. The van der Waals surface area contributed by atoms with Gasteiger partial charge in [-0.2, -0.15) is 0 Å². The van der Waals surface area contributed by atoms with Crippen molar-refractivity contribution in [1.29, 1.82) is 0 Å². The standard InChI is InChI=1S/C20H27NO3.C2H2O4/c1-3-8-17-10-11-19(20(15-17)22-2)24-13-6-4-5-12-21-16-18-9-7-14-23-18;3-1(4)2(5)6/h3,7-11,14-15,21H,4-6,12-13,16H2,1-2H3;(H,3,4)(H,5,6)/b8-3+;. The lowest BCUT2D eigenvalue weighted by molar-refractivity contribution is -0.159. The number of carbonyl (C=O) groups is 2. The Kier molecular flexibility index (Phi) is 12.1. The first-order valence-electron chi connectivity index (χ1n) is 9.60. The minimum absolute atomic E-state index is 0.706. The van der Waals surface area contributed by atoms with Gasteiger partial charge in [-0.3, -0.25) is 0 Å². The van der Waals surface area contributed by atoms with Gasteiger partial charge in [-0.05, 0) is 62.6 Å². The molecule has 8 heteroatoms. The normalized spacial score (nSPS) is 10.3. The molecular weight excluding hydrogens is 390 g/mol. The fourth-order valence-corrected chi connectivity index (χ4v) is 2.44. The fraction of sp³-hybridized carbons (Fsp3) is 0.364. The van der Waals surface area contributed by atoms with E-state index in [9.17, 15) is 0 Å². The third kappa shape index (κ3) is 10.3. The van der Waals surface area contributed by atoms with E-state index in [1.54, 1.807) is 13.4 Å². The molecule has 1 aromatic carbocycles. The highest BCUT2D eigenvalue weighted by Gasteiger charge is 2.05. The van der Waals surface area contributed by atoms with Gasteiger partial charge in [0.05, 0.1) is 26.5 Å². The van der Waals surface area contributed by atoms with Crippen LogP contribution >= 0.6 is 0 Å². The lowest BCUT2D eigenvalue weighted by Gasteiger charge is -2.11. The molecule has 2 aromatic rings. The predicted octanol–water partition coefficient (Wildman–Crippen LogP) is 3.82. The molecule has 0 spiro atoms. The van der Waals surface area contributed by atoms with Crippen molar-refractivity contribution in [3.63, 3.8) is 0 Å². The van der Waals surface area contributed by atoms with Crippen LogP contribution in [0, 0.1) is 0 Å². The summed E-state index contributed by atoms with van der Waals surface area (Å²) in [4.78, 5) is 18.2. The summed E-state index contributed by atoms with van der Waals surface area (Å²) in [5.41, 5.74) is 1.12. The molecule has 3 N–H and O–H groups in total. The number of carboxylic acid groups (broad SMARTS) is 2. The van der Waals surface area contributed by atoms with Crippen LogP contribution in [-0.2, 0) is 16.1 Å². The Balaban J connectivity index is 0.000000656. The van der Waals surface area contributed by atoms with Crippen molar-refractivity contribution in [1.82, 2.24) is 5.32 Å². The SMILES string of the molecule is C/C=C/c1ccc(OCCCCCNCc2ccco2)c(OC)c1.O=C(O)C(=O)O. The van der Waals surface area contributed by atoms with Crippen LogP contribution in [-0.4, -0.2) is 42.4 Å². The first-order valence-corrected chi connectivity index (χ1v) is 9.60. The van der Waals surface area contributed by atoms with E-state index in [1.807, 2.05) is 49.4 Å². The van der Waals surface area contributed by atoms with Gasteiger partial charge in [-0.25, -0.2) is 9.59 Å². The average molecular weight is 419 g/mol. The van der Waals surface area contributed by atoms with E-state index in [-0.39, 0.29) is 0 Å². The van der Waals surface area contributed by atoms with Gasteiger partial charge in [-0.1, -0.05) is 18.2 Å². The van der Waals surface area contributed by atoms with E-state index in [0.717, 1.165) is 55.2 Å². The molecule has 0 atom stereocenters. The van der Waals surface area contributed by atoms with Gasteiger partial charge in [-0.15, -0.1) is 0 Å². The van der Waals surface area contributed by atoms with Crippen molar-refractivity contribution in [3.8, 4) is 11.5 Å². The van der Waals surface area contributed by atoms with Gasteiger partial charge >= 0.3 is 11.9 Å². The Bertz CT molecular complexity index is 773. The molecule has 1 heterocycles. The molecule has 2 rings (SSSR count). The number of aliphatic carboxylic acids is 2. The van der Waals surface area contributed by atoms with Gasteiger partial charge < -0.3 is 29.4 Å². The molecule has 0 aliphatic rings. The molecule has 0 amide bonds. The second-order valence-corrected chi connectivity index (χ2v) is 6.19. The molecular formula is C22H29NO7. The number of ether oxygens (including phenoxy) is 2. The molecule has 0 saturated heterocycles. The Labute approximate surface area is 176 Å². The molecule has 0 fully saturated rings. The largest absolute Gasteiger partial charge is 0.493 e. The lowest BCUT2D eigenvalue weighted by Crippen LogP contribution is -2.14. The van der Waals surface area contributed by atoms with Crippen molar-refractivity contribution in [2.75, 3.05) is 20.3 Å². The molecule has 8 nitrogen and oxygen atoms in total. The number of allylic oxidation sites excluding steroid dienone is 1. The van der Waals surface area contributed by atoms with Crippen LogP contribution in [0.1, 0.15) is 37.5 Å². The zero-order chi connectivity index (χ0) is 22.2. The minimum Gasteiger partial charge on any atom is -0.493 e. The first-order chi connectivity index (χ1) is 14.5. The molecule has 1 aromatic heterocycles. The molecule has 30 heavy (non-hydrogen) atoms. The van der Waals surface area contributed by atoms with Gasteiger partial charge in [0.2, 0.25) is 0 Å². The zero-order valence-corrected chi connectivity index (χ0v) is 17.3. The van der Waals surface area contributed by atoms with Crippen LogP contribution in [0.3, 0.4) is 0 Å². The summed E-state index contributed by atoms with van der Waals surface area (Å²) in [6, 6.07) is 9.90. The molecule has 0 radical (unpaired) electrons. The van der Waals surface area contributed by atoms with Crippen LogP contribution in [0.15, 0.2) is 47.1 Å². The van der Waals surface area contributed by atoms with Crippen LogP contribution in [0.4, 0.5) is 0 Å². The van der Waals surface area contributed by atoms with Crippen LogP contribution < -0.4 is 14.8 Å². The maximum atomic E-state index is 9.10. The number of nitrogens with one attached hydrogen (secondary N) is 1. The Morgan fingerprint density at radius 2 is 1.87 bits per heavy atom. The van der Waals surface area contributed by atoms with E-state index in [0.29, 0.717) is 6.61 Å². The van der Waals surface area contributed by atoms with Gasteiger partial charge in [0.15, 0.2) is 11.5 Å². The molecule has 0 aliphatic carbocycles. The third-order valence-electron chi connectivity index (χ3n) is 3.86. The number of hydrogen-bond donors (Lipinski definition) is 3. The van der Waals surface area contributed by atoms with Crippen molar-refractivity contribution in [2.45, 2.75) is 32.7 Å². The fourth-order valence-electron chi connectivity index (χ4n) is 2.44. The summed E-state index contributed by atoms with van der Waals surface area (Å²) in [5.74, 6) is -1.08. The topological polar surface area (TPSA) is 118 Å². The maximum Gasteiger partial charge on any atom is 0.414 e.